The zero-order valence-corrected chi connectivity index (χ0v) is 14.8. The van der Waals surface area contributed by atoms with Gasteiger partial charge in [0.2, 0.25) is 0 Å². The molecule has 2 fully saturated rings. The van der Waals surface area contributed by atoms with E-state index in [9.17, 15) is 15.0 Å². The number of amides is 1. The molecule has 1 amide bonds. The van der Waals surface area contributed by atoms with Crippen molar-refractivity contribution in [3.8, 4) is 5.75 Å². The third-order valence-electron chi connectivity index (χ3n) is 4.92. The van der Waals surface area contributed by atoms with E-state index in [1.165, 1.54) is 0 Å². The summed E-state index contributed by atoms with van der Waals surface area (Å²) < 4.78 is 16.2. The van der Waals surface area contributed by atoms with Gasteiger partial charge in [0.1, 0.15) is 18.0 Å². The summed E-state index contributed by atoms with van der Waals surface area (Å²) >= 11 is 0. The Bertz CT molecular complexity index is 590. The highest BCUT2D eigenvalue weighted by atomic mass is 16.5. The lowest BCUT2D eigenvalue weighted by molar-refractivity contribution is -0.0220. The van der Waals surface area contributed by atoms with Gasteiger partial charge in [-0.15, -0.1) is 0 Å². The van der Waals surface area contributed by atoms with Crippen LogP contribution in [0.1, 0.15) is 10.4 Å². The highest BCUT2D eigenvalue weighted by molar-refractivity contribution is 5.94. The van der Waals surface area contributed by atoms with Crippen molar-refractivity contribution in [1.29, 1.82) is 0 Å². The molecule has 1 aromatic carbocycles. The molecule has 8 heteroatoms. The first-order chi connectivity index (χ1) is 12.6. The number of aliphatic hydroxyl groups is 2. The number of carbonyl (C=O) groups excluding carboxylic acids is 1. The van der Waals surface area contributed by atoms with Gasteiger partial charge < -0.3 is 29.7 Å². The third-order valence-corrected chi connectivity index (χ3v) is 4.92. The molecule has 3 N–H and O–H groups in total. The number of aliphatic hydroxyl groups excluding tert-OH is 2. The van der Waals surface area contributed by atoms with Crippen LogP contribution in [0.25, 0.3) is 0 Å². The van der Waals surface area contributed by atoms with Crippen LogP contribution in [0.3, 0.4) is 0 Å². The molecule has 0 aliphatic carbocycles. The van der Waals surface area contributed by atoms with Gasteiger partial charge in [0.25, 0.3) is 5.91 Å². The van der Waals surface area contributed by atoms with Crippen molar-refractivity contribution in [2.45, 2.75) is 24.4 Å². The van der Waals surface area contributed by atoms with Crippen molar-refractivity contribution in [2.24, 2.45) is 0 Å². The summed E-state index contributed by atoms with van der Waals surface area (Å²) in [6.45, 7) is 2.56. The molecule has 0 saturated carbocycles. The average Bonchev–Trinajstić information content (AvgIpc) is 3.02. The lowest BCUT2D eigenvalue weighted by Gasteiger charge is -2.36. The molecule has 4 unspecified atom stereocenters. The number of nitrogens with zero attached hydrogens (tertiary/aromatic N) is 1. The second-order valence-electron chi connectivity index (χ2n) is 6.46. The number of nitrogens with one attached hydrogen (secondary N) is 1. The van der Waals surface area contributed by atoms with E-state index in [-0.39, 0.29) is 25.1 Å². The van der Waals surface area contributed by atoms with Gasteiger partial charge >= 0.3 is 0 Å². The highest BCUT2D eigenvalue weighted by Crippen LogP contribution is 2.26. The van der Waals surface area contributed by atoms with Crippen molar-refractivity contribution in [1.82, 2.24) is 10.2 Å². The van der Waals surface area contributed by atoms with Crippen LogP contribution in [0.4, 0.5) is 0 Å². The number of hydrogen-bond acceptors (Lipinski definition) is 7. The van der Waals surface area contributed by atoms with Gasteiger partial charge in [0.05, 0.1) is 39.1 Å². The Morgan fingerprint density at radius 3 is 2.58 bits per heavy atom. The highest BCUT2D eigenvalue weighted by Gasteiger charge is 2.46. The normalized spacial score (nSPS) is 29.5. The van der Waals surface area contributed by atoms with Crippen LogP contribution in [0.2, 0.25) is 0 Å². The number of rotatable bonds is 6. The molecule has 0 radical (unpaired) electrons. The molecular weight excluding hydrogens is 340 g/mol. The number of methoxy groups -OCH3 is 1. The van der Waals surface area contributed by atoms with Gasteiger partial charge in [-0.25, -0.2) is 0 Å². The van der Waals surface area contributed by atoms with E-state index in [2.05, 4.69) is 10.2 Å². The number of carbonyl (C=O) groups is 1. The van der Waals surface area contributed by atoms with Crippen LogP contribution < -0.4 is 10.1 Å². The summed E-state index contributed by atoms with van der Waals surface area (Å²) in [5.74, 6) is 0.459. The first kappa shape index (κ1) is 19.1. The Balaban J connectivity index is 1.62. The molecule has 2 aliphatic rings. The molecule has 0 spiro atoms. The minimum atomic E-state index is -0.805. The quantitative estimate of drug-likeness (QED) is 0.609. The molecule has 8 nitrogen and oxygen atoms in total. The molecule has 2 saturated heterocycles. The van der Waals surface area contributed by atoms with Crippen LogP contribution in [0.15, 0.2) is 24.3 Å². The molecule has 4 atom stereocenters. The molecule has 0 bridgehead atoms. The van der Waals surface area contributed by atoms with E-state index in [4.69, 9.17) is 14.2 Å². The molecule has 144 valence electrons. The van der Waals surface area contributed by atoms with E-state index in [0.29, 0.717) is 37.6 Å². The Kier molecular flexibility index (Phi) is 6.44. The summed E-state index contributed by atoms with van der Waals surface area (Å²) in [4.78, 5) is 14.5. The molecule has 26 heavy (non-hydrogen) atoms. The summed E-state index contributed by atoms with van der Waals surface area (Å²) in [7, 11) is 1.57. The monoisotopic (exact) mass is 366 g/mol. The summed E-state index contributed by atoms with van der Waals surface area (Å²) in [5, 5.41) is 22.8. The van der Waals surface area contributed by atoms with E-state index in [1.54, 1.807) is 31.4 Å². The largest absolute Gasteiger partial charge is 0.497 e. The minimum Gasteiger partial charge on any atom is -0.497 e. The van der Waals surface area contributed by atoms with Gasteiger partial charge in [-0.05, 0) is 24.3 Å². The van der Waals surface area contributed by atoms with E-state index < -0.39 is 18.3 Å². The van der Waals surface area contributed by atoms with Crippen molar-refractivity contribution in [2.75, 3.05) is 46.6 Å². The Morgan fingerprint density at radius 1 is 1.27 bits per heavy atom. The first-order valence-electron chi connectivity index (χ1n) is 8.82. The van der Waals surface area contributed by atoms with Crippen LogP contribution in [0, 0.1) is 0 Å². The van der Waals surface area contributed by atoms with Crippen molar-refractivity contribution in [3.05, 3.63) is 29.8 Å². The number of hydrogen-bond donors (Lipinski definition) is 3. The number of benzene rings is 1. The Hall–Kier alpha value is -1.71. The zero-order valence-electron chi connectivity index (χ0n) is 14.8. The minimum absolute atomic E-state index is 0.223. The molecule has 1 aromatic rings. The van der Waals surface area contributed by atoms with Gasteiger partial charge in [-0.3, -0.25) is 9.69 Å². The zero-order chi connectivity index (χ0) is 18.5. The number of ether oxygens (including phenoxy) is 3. The fraction of sp³-hybridized carbons (Fsp3) is 0.611. The van der Waals surface area contributed by atoms with Crippen LogP contribution in [-0.2, 0) is 9.47 Å². The van der Waals surface area contributed by atoms with Gasteiger partial charge in [-0.2, -0.15) is 0 Å². The molecule has 2 aliphatic heterocycles. The lowest BCUT2D eigenvalue weighted by atomic mass is 10.0. The second-order valence-corrected chi connectivity index (χ2v) is 6.46. The predicted molar refractivity (Wildman–Crippen MR) is 93.3 cm³/mol. The molecule has 2 heterocycles. The fourth-order valence-electron chi connectivity index (χ4n) is 3.51. The molecule has 3 rings (SSSR count). The SMILES string of the molecule is COc1ccc(C(=O)NCC2OC(CO)C(O)C2N2CCOCC2)cc1. The topological polar surface area (TPSA) is 100 Å². The van der Waals surface area contributed by atoms with Crippen LogP contribution in [-0.4, -0.2) is 91.9 Å². The van der Waals surface area contributed by atoms with Crippen LogP contribution in [0.5, 0.6) is 5.75 Å². The summed E-state index contributed by atoms with van der Waals surface area (Å²) in [6.07, 6.45) is -1.85. The standard InChI is InChI=1S/C18H26N2O6/c1-24-13-4-2-12(3-5-13)18(23)19-10-14-16(17(22)15(11-21)26-14)20-6-8-25-9-7-20/h2-5,14-17,21-22H,6-11H2,1H3,(H,19,23). The second kappa shape index (κ2) is 8.79. The average molecular weight is 366 g/mol. The Morgan fingerprint density at radius 2 is 1.96 bits per heavy atom. The first-order valence-corrected chi connectivity index (χ1v) is 8.82. The van der Waals surface area contributed by atoms with E-state index in [1.807, 2.05) is 0 Å². The maximum absolute atomic E-state index is 12.4. The van der Waals surface area contributed by atoms with E-state index >= 15 is 0 Å². The Labute approximate surface area is 152 Å². The molecule has 0 aromatic heterocycles. The smallest absolute Gasteiger partial charge is 0.251 e. The maximum Gasteiger partial charge on any atom is 0.251 e. The fourth-order valence-corrected chi connectivity index (χ4v) is 3.51. The molecular formula is C18H26N2O6. The summed E-state index contributed by atoms with van der Waals surface area (Å²) in [6, 6.07) is 6.54. The van der Waals surface area contributed by atoms with Crippen molar-refractivity contribution >= 4 is 5.91 Å². The number of morpholine rings is 1. The van der Waals surface area contributed by atoms with Crippen molar-refractivity contribution in [3.63, 3.8) is 0 Å². The van der Waals surface area contributed by atoms with Crippen molar-refractivity contribution < 1.29 is 29.2 Å². The van der Waals surface area contributed by atoms with Gasteiger partial charge in [-0.1, -0.05) is 0 Å². The van der Waals surface area contributed by atoms with Crippen LogP contribution >= 0.6 is 0 Å². The predicted octanol–water partition coefficient (Wildman–Crippen LogP) is -0.754. The summed E-state index contributed by atoms with van der Waals surface area (Å²) in [5.41, 5.74) is 0.519. The van der Waals surface area contributed by atoms with E-state index in [0.717, 1.165) is 0 Å². The lowest BCUT2D eigenvalue weighted by Crippen LogP contribution is -2.54. The third kappa shape index (κ3) is 4.16. The van der Waals surface area contributed by atoms with Gasteiger partial charge in [0.15, 0.2) is 0 Å². The maximum atomic E-state index is 12.4. The van der Waals surface area contributed by atoms with Gasteiger partial charge in [0, 0.05) is 25.2 Å².